The van der Waals surface area contributed by atoms with Crippen LogP contribution in [0.25, 0.3) is 0 Å². The summed E-state index contributed by atoms with van der Waals surface area (Å²) >= 11 is 0. The molecule has 0 aromatic rings. The lowest BCUT2D eigenvalue weighted by atomic mass is 9.72. The Labute approximate surface area is 167 Å². The van der Waals surface area contributed by atoms with Crippen LogP contribution in [0.5, 0.6) is 0 Å². The van der Waals surface area contributed by atoms with Crippen LogP contribution in [0.15, 0.2) is 62.7 Å². The normalized spacial score (nSPS) is 22.9. The van der Waals surface area contributed by atoms with Gasteiger partial charge in [0.1, 0.15) is 0 Å². The van der Waals surface area contributed by atoms with E-state index in [4.69, 9.17) is 0 Å². The van der Waals surface area contributed by atoms with Crippen molar-refractivity contribution < 1.29 is 0 Å². The predicted molar refractivity (Wildman–Crippen MR) is 122 cm³/mol. The standard InChI is InChI=1S/C26H39N/c1-7-8-18-27-19-24-15-14-23(22(24)4)13-11-20(2)12-16-25-21(3)10-9-17-26(25,5)6/h11-13,16,19H,7-10,14-15,17-18H2,1-6H3/b16-12+,20-11+,23-13+,27-19?. The Morgan fingerprint density at radius 1 is 1.15 bits per heavy atom. The molecule has 2 rings (SSSR count). The third-order valence-electron chi connectivity index (χ3n) is 6.12. The van der Waals surface area contributed by atoms with Crippen LogP contribution in [-0.4, -0.2) is 12.8 Å². The van der Waals surface area contributed by atoms with E-state index in [1.54, 1.807) is 5.57 Å². The van der Waals surface area contributed by atoms with E-state index in [0.29, 0.717) is 5.41 Å². The van der Waals surface area contributed by atoms with Crippen LogP contribution < -0.4 is 0 Å². The van der Waals surface area contributed by atoms with Gasteiger partial charge in [-0.05, 0) is 87.0 Å². The summed E-state index contributed by atoms with van der Waals surface area (Å²) in [7, 11) is 0. The summed E-state index contributed by atoms with van der Waals surface area (Å²) in [6.45, 7) is 14.7. The molecule has 0 N–H and O–H groups in total. The van der Waals surface area contributed by atoms with E-state index in [2.05, 4.69) is 77.1 Å². The molecule has 27 heavy (non-hydrogen) atoms. The quantitative estimate of drug-likeness (QED) is 0.247. The molecule has 0 spiro atoms. The summed E-state index contributed by atoms with van der Waals surface area (Å²) in [5, 5.41) is 0. The third-order valence-corrected chi connectivity index (χ3v) is 6.12. The Hall–Kier alpha value is -1.63. The predicted octanol–water partition coefficient (Wildman–Crippen LogP) is 7.92. The van der Waals surface area contributed by atoms with E-state index in [1.165, 1.54) is 60.0 Å². The molecule has 0 aliphatic heterocycles. The van der Waals surface area contributed by atoms with Gasteiger partial charge < -0.3 is 0 Å². The van der Waals surface area contributed by atoms with Crippen molar-refractivity contribution in [2.24, 2.45) is 10.4 Å². The number of hydrogen-bond donors (Lipinski definition) is 0. The molecule has 1 heteroatoms. The van der Waals surface area contributed by atoms with E-state index < -0.39 is 0 Å². The van der Waals surface area contributed by atoms with Gasteiger partial charge in [0.05, 0.1) is 0 Å². The number of unbranched alkanes of at least 4 members (excludes halogenated alkanes) is 1. The second-order valence-corrected chi connectivity index (χ2v) is 8.91. The zero-order valence-electron chi connectivity index (χ0n) is 18.5. The first kappa shape index (κ1) is 21.7. The van der Waals surface area contributed by atoms with Crippen molar-refractivity contribution in [3.63, 3.8) is 0 Å². The number of aliphatic imine (C=N–C) groups is 1. The highest BCUT2D eigenvalue weighted by molar-refractivity contribution is 5.82. The van der Waals surface area contributed by atoms with Gasteiger partial charge >= 0.3 is 0 Å². The summed E-state index contributed by atoms with van der Waals surface area (Å²) in [5.41, 5.74) is 9.05. The van der Waals surface area contributed by atoms with Gasteiger partial charge in [-0.15, -0.1) is 0 Å². The lowest BCUT2D eigenvalue weighted by Crippen LogP contribution is -2.19. The minimum absolute atomic E-state index is 0.314. The van der Waals surface area contributed by atoms with Crippen LogP contribution in [0.3, 0.4) is 0 Å². The maximum Gasteiger partial charge on any atom is 0.0389 e. The second kappa shape index (κ2) is 10.1. The van der Waals surface area contributed by atoms with E-state index in [9.17, 15) is 0 Å². The van der Waals surface area contributed by atoms with Crippen LogP contribution >= 0.6 is 0 Å². The summed E-state index contributed by atoms with van der Waals surface area (Å²) in [6, 6.07) is 0. The minimum Gasteiger partial charge on any atom is -0.293 e. The Morgan fingerprint density at radius 2 is 1.93 bits per heavy atom. The first-order valence-corrected chi connectivity index (χ1v) is 10.8. The summed E-state index contributed by atoms with van der Waals surface area (Å²) in [6.07, 6.45) is 19.9. The lowest BCUT2D eigenvalue weighted by Gasteiger charge is -2.32. The highest BCUT2D eigenvalue weighted by Crippen LogP contribution is 2.40. The average Bonchev–Trinajstić information content (AvgIpc) is 2.96. The highest BCUT2D eigenvalue weighted by Gasteiger charge is 2.26. The largest absolute Gasteiger partial charge is 0.293 e. The van der Waals surface area contributed by atoms with Gasteiger partial charge in [-0.3, -0.25) is 4.99 Å². The van der Waals surface area contributed by atoms with Crippen molar-refractivity contribution in [3.8, 4) is 0 Å². The number of allylic oxidation sites excluding steroid dienone is 10. The minimum atomic E-state index is 0.314. The molecule has 1 nitrogen and oxygen atoms in total. The number of nitrogens with zero attached hydrogens (tertiary/aromatic N) is 1. The molecule has 2 aliphatic rings. The molecule has 0 bridgehead atoms. The molecule has 0 atom stereocenters. The van der Waals surface area contributed by atoms with E-state index >= 15 is 0 Å². The van der Waals surface area contributed by atoms with Gasteiger partial charge in [-0.1, -0.05) is 62.6 Å². The molecule has 0 fully saturated rings. The smallest absolute Gasteiger partial charge is 0.0389 e. The van der Waals surface area contributed by atoms with Gasteiger partial charge in [0.2, 0.25) is 0 Å². The number of rotatable bonds is 7. The Kier molecular flexibility index (Phi) is 8.07. The molecule has 0 aromatic carbocycles. The molecule has 0 saturated heterocycles. The fourth-order valence-corrected chi connectivity index (χ4v) is 4.16. The first-order valence-electron chi connectivity index (χ1n) is 10.8. The highest BCUT2D eigenvalue weighted by atomic mass is 14.7. The van der Waals surface area contributed by atoms with Crippen LogP contribution in [-0.2, 0) is 0 Å². The van der Waals surface area contributed by atoms with Crippen LogP contribution in [0.2, 0.25) is 0 Å². The van der Waals surface area contributed by atoms with Crippen LogP contribution in [0.4, 0.5) is 0 Å². The van der Waals surface area contributed by atoms with Crippen LogP contribution in [0.1, 0.15) is 86.5 Å². The van der Waals surface area contributed by atoms with Crippen LogP contribution in [0, 0.1) is 5.41 Å². The molecule has 0 radical (unpaired) electrons. The first-order chi connectivity index (χ1) is 12.8. The Balaban J connectivity index is 2.06. The molecule has 0 amide bonds. The van der Waals surface area contributed by atoms with E-state index in [1.807, 2.05) is 0 Å². The topological polar surface area (TPSA) is 12.4 Å². The van der Waals surface area contributed by atoms with E-state index in [0.717, 1.165) is 19.4 Å². The zero-order valence-corrected chi connectivity index (χ0v) is 18.5. The second-order valence-electron chi connectivity index (χ2n) is 8.91. The van der Waals surface area contributed by atoms with Crippen molar-refractivity contribution in [1.29, 1.82) is 0 Å². The zero-order chi connectivity index (χ0) is 19.9. The van der Waals surface area contributed by atoms with E-state index in [-0.39, 0.29) is 0 Å². The summed E-state index contributed by atoms with van der Waals surface area (Å²) in [4.78, 5) is 4.58. The maximum absolute atomic E-state index is 4.58. The molecular weight excluding hydrogens is 326 g/mol. The molecule has 148 valence electrons. The molecule has 0 unspecified atom stereocenters. The van der Waals surface area contributed by atoms with Gasteiger partial charge in [0, 0.05) is 12.8 Å². The fourth-order valence-electron chi connectivity index (χ4n) is 4.16. The number of hydrogen-bond acceptors (Lipinski definition) is 1. The summed E-state index contributed by atoms with van der Waals surface area (Å²) in [5.74, 6) is 0. The van der Waals surface area contributed by atoms with Crippen molar-refractivity contribution in [3.05, 3.63) is 57.7 Å². The third kappa shape index (κ3) is 6.19. The van der Waals surface area contributed by atoms with Crippen molar-refractivity contribution in [1.82, 2.24) is 0 Å². The molecule has 0 saturated carbocycles. The lowest BCUT2D eigenvalue weighted by molar-refractivity contribution is 0.377. The average molecular weight is 366 g/mol. The Bertz CT molecular complexity index is 704. The van der Waals surface area contributed by atoms with Crippen molar-refractivity contribution in [2.75, 3.05) is 6.54 Å². The molecule has 0 aromatic heterocycles. The van der Waals surface area contributed by atoms with Crippen molar-refractivity contribution >= 4 is 6.21 Å². The monoisotopic (exact) mass is 365 g/mol. The van der Waals surface area contributed by atoms with Gasteiger partial charge in [-0.25, -0.2) is 0 Å². The van der Waals surface area contributed by atoms with Gasteiger partial charge in [0.15, 0.2) is 0 Å². The van der Waals surface area contributed by atoms with Crippen molar-refractivity contribution in [2.45, 2.75) is 86.5 Å². The fraction of sp³-hybridized carbons (Fsp3) is 0.577. The molecule has 2 aliphatic carbocycles. The Morgan fingerprint density at radius 3 is 2.63 bits per heavy atom. The molecule has 0 heterocycles. The van der Waals surface area contributed by atoms with Gasteiger partial charge in [-0.2, -0.15) is 0 Å². The van der Waals surface area contributed by atoms with Gasteiger partial charge in [0.25, 0.3) is 0 Å². The molecular formula is C26H39N. The summed E-state index contributed by atoms with van der Waals surface area (Å²) < 4.78 is 0. The SMILES string of the molecule is CCCCN=CC1=C(C)/C(=C/C=C(C)/C=C/C2=C(C)CCCC2(C)C)CC1. The maximum atomic E-state index is 4.58.